The summed E-state index contributed by atoms with van der Waals surface area (Å²) in [7, 11) is 0. The summed E-state index contributed by atoms with van der Waals surface area (Å²) in [5.41, 5.74) is 3.64. The van der Waals surface area contributed by atoms with Crippen molar-refractivity contribution in [2.75, 3.05) is 13.1 Å². The molecule has 156 valence electrons. The molecule has 2 heterocycles. The molecule has 0 N–H and O–H groups in total. The standard InChI is InChI=1S/C26H21Cl2NO2/c27-22-8-6-21(17-23(22)28)25(30)29-14-12-26(13-15-29)11-10-20-16-19(7-9-24(20)31-26)18-4-2-1-3-5-18/h1-11,16-17H,12-15H2. The van der Waals surface area contributed by atoms with Crippen LogP contribution in [-0.4, -0.2) is 29.5 Å². The number of benzene rings is 3. The van der Waals surface area contributed by atoms with Gasteiger partial charge in [-0.1, -0.05) is 65.7 Å². The number of hydrogen-bond donors (Lipinski definition) is 0. The van der Waals surface area contributed by atoms with Gasteiger partial charge in [-0.2, -0.15) is 0 Å². The van der Waals surface area contributed by atoms with Crippen LogP contribution in [0, 0.1) is 0 Å². The highest BCUT2D eigenvalue weighted by molar-refractivity contribution is 6.42. The van der Waals surface area contributed by atoms with Crippen LogP contribution in [0.1, 0.15) is 28.8 Å². The van der Waals surface area contributed by atoms with E-state index in [0.29, 0.717) is 28.7 Å². The second-order valence-electron chi connectivity index (χ2n) is 8.04. The Morgan fingerprint density at radius 3 is 2.39 bits per heavy atom. The Hall–Kier alpha value is -2.75. The molecule has 0 unspecified atom stereocenters. The Balaban J connectivity index is 1.29. The van der Waals surface area contributed by atoms with Gasteiger partial charge in [-0.15, -0.1) is 0 Å². The minimum absolute atomic E-state index is 0.0268. The molecule has 0 bridgehead atoms. The van der Waals surface area contributed by atoms with Crippen LogP contribution in [0.15, 0.2) is 72.8 Å². The van der Waals surface area contributed by atoms with E-state index in [1.165, 1.54) is 11.1 Å². The lowest BCUT2D eigenvalue weighted by atomic mass is 9.87. The summed E-state index contributed by atoms with van der Waals surface area (Å²) in [6.07, 6.45) is 5.81. The fraction of sp³-hybridized carbons (Fsp3) is 0.192. The molecular formula is C26H21Cl2NO2. The van der Waals surface area contributed by atoms with E-state index in [1.54, 1.807) is 18.2 Å². The van der Waals surface area contributed by atoms with E-state index >= 15 is 0 Å². The van der Waals surface area contributed by atoms with Gasteiger partial charge in [0.1, 0.15) is 11.4 Å². The third kappa shape index (κ3) is 3.96. The molecule has 31 heavy (non-hydrogen) atoms. The number of ether oxygens (including phenoxy) is 1. The molecule has 3 aromatic carbocycles. The third-order valence-electron chi connectivity index (χ3n) is 6.06. The highest BCUT2D eigenvalue weighted by Gasteiger charge is 2.38. The molecule has 1 saturated heterocycles. The fourth-order valence-corrected chi connectivity index (χ4v) is 4.54. The molecule has 5 heteroatoms. The summed E-state index contributed by atoms with van der Waals surface area (Å²) in [6.45, 7) is 1.25. The maximum Gasteiger partial charge on any atom is 0.253 e. The molecular weight excluding hydrogens is 429 g/mol. The second-order valence-corrected chi connectivity index (χ2v) is 8.85. The maximum absolute atomic E-state index is 12.9. The van der Waals surface area contributed by atoms with E-state index in [1.807, 2.05) is 23.1 Å². The van der Waals surface area contributed by atoms with Gasteiger partial charge in [0.2, 0.25) is 0 Å². The molecule has 3 aromatic rings. The largest absolute Gasteiger partial charge is 0.482 e. The number of piperidine rings is 1. The Morgan fingerprint density at radius 1 is 0.871 bits per heavy atom. The molecule has 0 atom stereocenters. The zero-order valence-corrected chi connectivity index (χ0v) is 18.4. The lowest BCUT2D eigenvalue weighted by Crippen LogP contribution is -2.49. The third-order valence-corrected chi connectivity index (χ3v) is 6.80. The van der Waals surface area contributed by atoms with E-state index in [4.69, 9.17) is 27.9 Å². The summed E-state index contributed by atoms with van der Waals surface area (Å²) >= 11 is 12.1. The van der Waals surface area contributed by atoms with Gasteiger partial charge in [0, 0.05) is 37.1 Å². The number of carbonyl (C=O) groups is 1. The molecule has 0 aliphatic carbocycles. The van der Waals surface area contributed by atoms with Crippen molar-refractivity contribution >= 4 is 35.2 Å². The van der Waals surface area contributed by atoms with E-state index in [9.17, 15) is 4.79 Å². The zero-order chi connectivity index (χ0) is 21.4. The van der Waals surface area contributed by atoms with E-state index in [2.05, 4.69) is 42.5 Å². The van der Waals surface area contributed by atoms with E-state index < -0.39 is 0 Å². The van der Waals surface area contributed by atoms with Crippen LogP contribution >= 0.6 is 23.2 Å². The molecule has 0 saturated carbocycles. The zero-order valence-electron chi connectivity index (χ0n) is 16.9. The van der Waals surface area contributed by atoms with Gasteiger partial charge >= 0.3 is 0 Å². The number of carbonyl (C=O) groups excluding carboxylic acids is 1. The predicted octanol–water partition coefficient (Wildman–Crippen LogP) is 6.74. The van der Waals surface area contributed by atoms with Gasteiger partial charge in [-0.25, -0.2) is 0 Å². The normalized spacial score (nSPS) is 16.6. The highest BCUT2D eigenvalue weighted by Crippen LogP contribution is 2.39. The summed E-state index contributed by atoms with van der Waals surface area (Å²) in [4.78, 5) is 14.7. The minimum Gasteiger partial charge on any atom is -0.482 e. The van der Waals surface area contributed by atoms with Crippen molar-refractivity contribution < 1.29 is 9.53 Å². The molecule has 2 aliphatic heterocycles. The fourth-order valence-electron chi connectivity index (χ4n) is 4.25. The monoisotopic (exact) mass is 449 g/mol. The lowest BCUT2D eigenvalue weighted by molar-refractivity contribution is 0.0329. The van der Waals surface area contributed by atoms with Crippen molar-refractivity contribution in [2.24, 2.45) is 0 Å². The van der Waals surface area contributed by atoms with Gasteiger partial charge in [0.25, 0.3) is 5.91 Å². The first-order valence-electron chi connectivity index (χ1n) is 10.4. The van der Waals surface area contributed by atoms with Gasteiger partial charge < -0.3 is 9.64 Å². The first-order valence-corrected chi connectivity index (χ1v) is 11.1. The minimum atomic E-state index is -0.365. The second kappa shape index (κ2) is 8.07. The molecule has 0 radical (unpaired) electrons. The summed E-state index contributed by atoms with van der Waals surface area (Å²) < 4.78 is 6.46. The van der Waals surface area contributed by atoms with Crippen molar-refractivity contribution in [3.63, 3.8) is 0 Å². The van der Waals surface area contributed by atoms with Gasteiger partial charge in [-0.3, -0.25) is 4.79 Å². The number of fused-ring (bicyclic) bond motifs is 1. The smallest absolute Gasteiger partial charge is 0.253 e. The van der Waals surface area contributed by atoms with Crippen molar-refractivity contribution in [1.29, 1.82) is 0 Å². The molecule has 3 nitrogen and oxygen atoms in total. The van der Waals surface area contributed by atoms with Gasteiger partial charge in [-0.05, 0) is 47.5 Å². The first kappa shape index (κ1) is 20.2. The van der Waals surface area contributed by atoms with E-state index in [0.717, 1.165) is 24.2 Å². The Kier molecular flexibility index (Phi) is 5.25. The predicted molar refractivity (Wildman–Crippen MR) is 126 cm³/mol. The van der Waals surface area contributed by atoms with Crippen LogP contribution in [0.5, 0.6) is 5.75 Å². The van der Waals surface area contributed by atoms with Crippen molar-refractivity contribution in [3.8, 4) is 16.9 Å². The van der Waals surface area contributed by atoms with Crippen molar-refractivity contribution in [1.82, 2.24) is 4.90 Å². The molecule has 0 aromatic heterocycles. The lowest BCUT2D eigenvalue weighted by Gasteiger charge is -2.42. The van der Waals surface area contributed by atoms with Crippen LogP contribution < -0.4 is 4.74 Å². The summed E-state index contributed by atoms with van der Waals surface area (Å²) in [5, 5.41) is 0.844. The number of nitrogens with zero attached hydrogens (tertiary/aromatic N) is 1. The van der Waals surface area contributed by atoms with Crippen molar-refractivity contribution in [3.05, 3.63) is 94.0 Å². The summed E-state index contributed by atoms with van der Waals surface area (Å²) in [6, 6.07) is 21.7. The van der Waals surface area contributed by atoms with Crippen LogP contribution in [-0.2, 0) is 0 Å². The average molecular weight is 450 g/mol. The number of halogens is 2. The van der Waals surface area contributed by atoms with Crippen LogP contribution in [0.4, 0.5) is 0 Å². The first-order chi connectivity index (χ1) is 15.0. The van der Waals surface area contributed by atoms with Crippen LogP contribution in [0.2, 0.25) is 10.0 Å². The molecule has 1 spiro atoms. The number of amides is 1. The molecule has 2 aliphatic rings. The molecule has 1 fully saturated rings. The Labute approximate surface area is 191 Å². The van der Waals surface area contributed by atoms with Gasteiger partial charge in [0.15, 0.2) is 0 Å². The summed E-state index contributed by atoms with van der Waals surface area (Å²) in [5.74, 6) is 0.868. The molecule has 1 amide bonds. The Morgan fingerprint density at radius 2 is 1.65 bits per heavy atom. The SMILES string of the molecule is O=C(c1ccc(Cl)c(Cl)c1)N1CCC2(C=Cc3cc(-c4ccccc4)ccc3O2)CC1. The van der Waals surface area contributed by atoms with E-state index in [-0.39, 0.29) is 11.5 Å². The highest BCUT2D eigenvalue weighted by atomic mass is 35.5. The topological polar surface area (TPSA) is 29.5 Å². The van der Waals surface area contributed by atoms with Gasteiger partial charge in [0.05, 0.1) is 10.0 Å². The van der Waals surface area contributed by atoms with Crippen molar-refractivity contribution in [2.45, 2.75) is 18.4 Å². The van der Waals surface area contributed by atoms with Crippen LogP contribution in [0.3, 0.4) is 0 Å². The van der Waals surface area contributed by atoms with Crippen LogP contribution in [0.25, 0.3) is 17.2 Å². The quantitative estimate of drug-likeness (QED) is 0.433. The number of rotatable bonds is 2. The maximum atomic E-state index is 12.9. The average Bonchev–Trinajstić information content (AvgIpc) is 2.81. The Bertz CT molecular complexity index is 1170. The molecule has 5 rings (SSSR count). The number of likely N-dealkylation sites (tertiary alicyclic amines) is 1. The number of hydrogen-bond acceptors (Lipinski definition) is 2.